The van der Waals surface area contributed by atoms with E-state index >= 15 is 0 Å². The average molecular weight is 287 g/mol. The number of nitrogens with zero attached hydrogens (tertiary/aromatic N) is 2. The van der Waals surface area contributed by atoms with E-state index in [1.54, 1.807) is 12.1 Å². The van der Waals surface area contributed by atoms with Crippen LogP contribution in [-0.2, 0) is 0 Å². The summed E-state index contributed by atoms with van der Waals surface area (Å²) in [5.74, 6) is 1.15. The summed E-state index contributed by atoms with van der Waals surface area (Å²) >= 11 is 0. The third kappa shape index (κ3) is 3.28. The van der Waals surface area contributed by atoms with Crippen molar-refractivity contribution in [2.75, 3.05) is 19.7 Å². The molecule has 1 aromatic heterocycles. The van der Waals surface area contributed by atoms with Crippen LogP contribution in [0.15, 0.2) is 30.3 Å². The van der Waals surface area contributed by atoms with Gasteiger partial charge in [-0.15, -0.1) is 0 Å². The maximum atomic E-state index is 10.7. The van der Waals surface area contributed by atoms with E-state index in [2.05, 4.69) is 10.3 Å². The molecule has 1 saturated heterocycles. The lowest BCUT2D eigenvalue weighted by molar-refractivity contribution is -0.384. The maximum absolute atomic E-state index is 10.7. The molecule has 0 unspecified atom stereocenters. The number of piperidine rings is 1. The Morgan fingerprint density at radius 2 is 2.10 bits per heavy atom. The molecule has 6 nitrogen and oxygen atoms in total. The van der Waals surface area contributed by atoms with Crippen LogP contribution in [0.4, 0.5) is 5.69 Å². The topological polar surface area (TPSA) is 77.3 Å². The number of nitrogens with one attached hydrogen (secondary N) is 1. The SMILES string of the molecule is O=[N+]([O-])c1ccc2nc(OCC3CCNCC3)ccc2c1. The van der Waals surface area contributed by atoms with Gasteiger partial charge in [0, 0.05) is 23.6 Å². The third-order valence-electron chi connectivity index (χ3n) is 3.78. The Morgan fingerprint density at radius 1 is 1.29 bits per heavy atom. The number of benzene rings is 1. The Morgan fingerprint density at radius 3 is 2.86 bits per heavy atom. The number of fused-ring (bicyclic) bond motifs is 1. The quantitative estimate of drug-likeness (QED) is 0.690. The predicted molar refractivity (Wildman–Crippen MR) is 79.5 cm³/mol. The molecule has 0 saturated carbocycles. The molecular weight excluding hydrogens is 270 g/mol. The van der Waals surface area contributed by atoms with Crippen LogP contribution >= 0.6 is 0 Å². The van der Waals surface area contributed by atoms with Crippen LogP contribution in [-0.4, -0.2) is 29.6 Å². The number of ether oxygens (including phenoxy) is 1. The highest BCUT2D eigenvalue weighted by atomic mass is 16.6. The highest BCUT2D eigenvalue weighted by Crippen LogP contribution is 2.22. The van der Waals surface area contributed by atoms with E-state index in [0.717, 1.165) is 31.3 Å². The van der Waals surface area contributed by atoms with Crippen molar-refractivity contribution in [1.82, 2.24) is 10.3 Å². The van der Waals surface area contributed by atoms with Gasteiger partial charge in [-0.1, -0.05) is 0 Å². The van der Waals surface area contributed by atoms with Gasteiger partial charge >= 0.3 is 0 Å². The fraction of sp³-hybridized carbons (Fsp3) is 0.400. The number of hydrogen-bond donors (Lipinski definition) is 1. The molecule has 0 bridgehead atoms. The zero-order chi connectivity index (χ0) is 14.7. The van der Waals surface area contributed by atoms with Crippen LogP contribution in [0, 0.1) is 16.0 Å². The first-order chi connectivity index (χ1) is 10.2. The van der Waals surface area contributed by atoms with Crippen molar-refractivity contribution >= 4 is 16.6 Å². The van der Waals surface area contributed by atoms with Gasteiger partial charge in [-0.25, -0.2) is 4.98 Å². The molecule has 0 spiro atoms. The van der Waals surface area contributed by atoms with Gasteiger partial charge in [0.05, 0.1) is 17.0 Å². The first kappa shape index (κ1) is 13.8. The molecule has 0 atom stereocenters. The van der Waals surface area contributed by atoms with E-state index < -0.39 is 4.92 Å². The van der Waals surface area contributed by atoms with Crippen LogP contribution in [0.2, 0.25) is 0 Å². The van der Waals surface area contributed by atoms with Gasteiger partial charge in [0.25, 0.3) is 5.69 Å². The molecule has 2 aromatic rings. The van der Waals surface area contributed by atoms with E-state index in [1.165, 1.54) is 12.1 Å². The highest BCUT2D eigenvalue weighted by molar-refractivity contribution is 5.81. The molecule has 1 aliphatic rings. The zero-order valence-electron chi connectivity index (χ0n) is 11.6. The normalized spacial score (nSPS) is 16.0. The van der Waals surface area contributed by atoms with Crippen molar-refractivity contribution in [1.29, 1.82) is 0 Å². The van der Waals surface area contributed by atoms with Gasteiger partial charge in [-0.05, 0) is 44.0 Å². The summed E-state index contributed by atoms with van der Waals surface area (Å²) in [5.41, 5.74) is 0.788. The van der Waals surface area contributed by atoms with E-state index in [-0.39, 0.29) is 5.69 Å². The summed E-state index contributed by atoms with van der Waals surface area (Å²) in [6.07, 6.45) is 2.25. The molecule has 21 heavy (non-hydrogen) atoms. The lowest BCUT2D eigenvalue weighted by Gasteiger charge is -2.22. The Kier molecular flexibility index (Phi) is 3.96. The zero-order valence-corrected chi connectivity index (χ0v) is 11.6. The second-order valence-electron chi connectivity index (χ2n) is 5.29. The van der Waals surface area contributed by atoms with Gasteiger partial charge in [0.2, 0.25) is 5.88 Å². The van der Waals surface area contributed by atoms with Gasteiger partial charge in [-0.3, -0.25) is 10.1 Å². The van der Waals surface area contributed by atoms with Gasteiger partial charge in [0.15, 0.2) is 0 Å². The molecule has 1 N–H and O–H groups in total. The van der Waals surface area contributed by atoms with Gasteiger partial charge < -0.3 is 10.1 Å². The smallest absolute Gasteiger partial charge is 0.270 e. The molecule has 0 amide bonds. The standard InChI is InChI=1S/C15H17N3O3/c19-18(20)13-2-3-14-12(9-13)1-4-15(17-14)21-10-11-5-7-16-8-6-11/h1-4,9,11,16H,5-8,10H2. The fourth-order valence-electron chi connectivity index (χ4n) is 2.54. The minimum absolute atomic E-state index is 0.0765. The number of hydrogen-bond acceptors (Lipinski definition) is 5. The Labute approximate surface area is 122 Å². The lowest BCUT2D eigenvalue weighted by Crippen LogP contribution is -2.30. The van der Waals surface area contributed by atoms with Crippen LogP contribution in [0.3, 0.4) is 0 Å². The molecule has 0 radical (unpaired) electrons. The summed E-state index contributed by atoms with van der Waals surface area (Å²) in [7, 11) is 0. The minimum Gasteiger partial charge on any atom is -0.477 e. The average Bonchev–Trinajstić information content (AvgIpc) is 2.53. The molecule has 1 aliphatic heterocycles. The number of non-ortho nitro benzene ring substituents is 1. The first-order valence-electron chi connectivity index (χ1n) is 7.11. The second-order valence-corrected chi connectivity index (χ2v) is 5.29. The number of aromatic nitrogens is 1. The Hall–Kier alpha value is -2.21. The first-order valence-corrected chi connectivity index (χ1v) is 7.11. The molecule has 110 valence electrons. The number of nitro benzene ring substituents is 1. The molecule has 2 heterocycles. The minimum atomic E-state index is -0.402. The molecule has 6 heteroatoms. The molecule has 3 rings (SSSR count). The van der Waals surface area contributed by atoms with Crippen molar-refractivity contribution in [3.05, 3.63) is 40.4 Å². The fourth-order valence-corrected chi connectivity index (χ4v) is 2.54. The lowest BCUT2D eigenvalue weighted by atomic mass is 9.99. The number of rotatable bonds is 4. The van der Waals surface area contributed by atoms with Crippen molar-refractivity contribution in [3.63, 3.8) is 0 Å². The van der Waals surface area contributed by atoms with Crippen LogP contribution < -0.4 is 10.1 Å². The van der Waals surface area contributed by atoms with E-state index in [0.29, 0.717) is 23.9 Å². The Bertz CT molecular complexity index is 654. The van der Waals surface area contributed by atoms with Gasteiger partial charge in [0.1, 0.15) is 0 Å². The summed E-state index contributed by atoms with van der Waals surface area (Å²) in [6.45, 7) is 2.76. The van der Waals surface area contributed by atoms with Crippen molar-refractivity contribution in [2.45, 2.75) is 12.8 Å². The molecular formula is C15H17N3O3. The van der Waals surface area contributed by atoms with Crippen LogP contribution in [0.5, 0.6) is 5.88 Å². The summed E-state index contributed by atoms with van der Waals surface area (Å²) in [4.78, 5) is 14.7. The second kappa shape index (κ2) is 6.05. The van der Waals surface area contributed by atoms with E-state index in [4.69, 9.17) is 4.74 Å². The van der Waals surface area contributed by atoms with Crippen molar-refractivity contribution < 1.29 is 9.66 Å². The molecule has 1 fully saturated rings. The Balaban J connectivity index is 1.71. The van der Waals surface area contributed by atoms with Crippen LogP contribution in [0.25, 0.3) is 10.9 Å². The third-order valence-corrected chi connectivity index (χ3v) is 3.78. The van der Waals surface area contributed by atoms with E-state index in [9.17, 15) is 10.1 Å². The van der Waals surface area contributed by atoms with E-state index in [1.807, 2.05) is 6.07 Å². The summed E-state index contributed by atoms with van der Waals surface area (Å²) < 4.78 is 5.76. The van der Waals surface area contributed by atoms with Crippen LogP contribution in [0.1, 0.15) is 12.8 Å². The monoisotopic (exact) mass is 287 g/mol. The highest BCUT2D eigenvalue weighted by Gasteiger charge is 2.14. The predicted octanol–water partition coefficient (Wildman–Crippen LogP) is 2.52. The molecule has 1 aromatic carbocycles. The maximum Gasteiger partial charge on any atom is 0.270 e. The number of nitro groups is 1. The summed E-state index contributed by atoms with van der Waals surface area (Å²) in [5, 5.41) is 14.8. The van der Waals surface area contributed by atoms with Crippen molar-refractivity contribution in [3.8, 4) is 5.88 Å². The van der Waals surface area contributed by atoms with Crippen molar-refractivity contribution in [2.24, 2.45) is 5.92 Å². The molecule has 0 aliphatic carbocycles. The number of pyridine rings is 1. The largest absolute Gasteiger partial charge is 0.477 e. The van der Waals surface area contributed by atoms with Gasteiger partial charge in [-0.2, -0.15) is 0 Å². The summed E-state index contributed by atoms with van der Waals surface area (Å²) in [6, 6.07) is 8.23.